The second-order valence-electron chi connectivity index (χ2n) is 6.81. The van der Waals surface area contributed by atoms with Crippen LogP contribution in [0.5, 0.6) is 0 Å². The first kappa shape index (κ1) is 20.7. The summed E-state index contributed by atoms with van der Waals surface area (Å²) in [6, 6.07) is 10.6. The van der Waals surface area contributed by atoms with E-state index in [9.17, 15) is 19.7 Å². The number of nitrogens with one attached hydrogen (secondary N) is 2. The van der Waals surface area contributed by atoms with Gasteiger partial charge in [-0.05, 0) is 51.1 Å². The van der Waals surface area contributed by atoms with E-state index in [1.165, 1.54) is 19.2 Å². The van der Waals surface area contributed by atoms with Gasteiger partial charge in [-0.2, -0.15) is 0 Å². The van der Waals surface area contributed by atoms with Gasteiger partial charge in [-0.15, -0.1) is 0 Å². The summed E-state index contributed by atoms with van der Waals surface area (Å²) in [5.41, 5.74) is 0.290. The van der Waals surface area contributed by atoms with Crippen LogP contribution in [-0.4, -0.2) is 29.7 Å². The Kier molecular flexibility index (Phi) is 6.19. The summed E-state index contributed by atoms with van der Waals surface area (Å²) < 4.78 is 9.78. The largest absolute Gasteiger partial charge is 0.465 e. The highest BCUT2D eigenvalue weighted by Crippen LogP contribution is 2.30. The zero-order valence-corrected chi connectivity index (χ0v) is 15.9. The second-order valence-corrected chi connectivity index (χ2v) is 6.81. The third kappa shape index (κ3) is 5.70. The normalized spacial score (nSPS) is 10.7. The fourth-order valence-electron chi connectivity index (χ4n) is 2.28. The van der Waals surface area contributed by atoms with Gasteiger partial charge in [0, 0.05) is 17.4 Å². The molecule has 148 valence electrons. The predicted molar refractivity (Wildman–Crippen MR) is 104 cm³/mol. The Morgan fingerprint density at radius 3 is 2.36 bits per heavy atom. The van der Waals surface area contributed by atoms with Gasteiger partial charge >= 0.3 is 12.1 Å². The van der Waals surface area contributed by atoms with Crippen molar-refractivity contribution in [1.82, 2.24) is 0 Å². The minimum atomic E-state index is -0.668. The molecule has 0 radical (unpaired) electrons. The number of carbonyl (C=O) groups is 2. The van der Waals surface area contributed by atoms with Crippen molar-refractivity contribution in [2.75, 3.05) is 17.7 Å². The Morgan fingerprint density at radius 1 is 1.07 bits per heavy atom. The van der Waals surface area contributed by atoms with Gasteiger partial charge in [-0.3, -0.25) is 15.4 Å². The lowest BCUT2D eigenvalue weighted by molar-refractivity contribution is -0.383. The van der Waals surface area contributed by atoms with Crippen molar-refractivity contribution in [2.45, 2.75) is 26.4 Å². The van der Waals surface area contributed by atoms with Crippen LogP contribution in [0.15, 0.2) is 42.5 Å². The zero-order valence-electron chi connectivity index (χ0n) is 15.9. The minimum absolute atomic E-state index is 0.0695. The lowest BCUT2D eigenvalue weighted by atomic mass is 10.1. The molecule has 2 aromatic rings. The van der Waals surface area contributed by atoms with Crippen LogP contribution in [0.2, 0.25) is 0 Å². The number of carbonyl (C=O) groups excluding carboxylic acids is 2. The maximum atomic E-state index is 11.9. The molecule has 28 heavy (non-hydrogen) atoms. The summed E-state index contributed by atoms with van der Waals surface area (Å²) >= 11 is 0. The fourth-order valence-corrected chi connectivity index (χ4v) is 2.28. The number of nitro benzene ring substituents is 1. The van der Waals surface area contributed by atoms with E-state index in [0.29, 0.717) is 11.4 Å². The molecule has 0 saturated carbocycles. The standard InChI is InChI=1S/C19H21N3O6/c1-19(2,3)28-18(24)21-14-7-5-6-13(11-14)20-15-9-8-12(17(23)27-4)10-16(15)22(25)26/h5-11,20H,1-4H3,(H,21,24). The Balaban J connectivity index is 2.23. The van der Waals surface area contributed by atoms with Gasteiger partial charge in [0.1, 0.15) is 11.3 Å². The number of hydrogen-bond donors (Lipinski definition) is 2. The van der Waals surface area contributed by atoms with E-state index in [0.717, 1.165) is 6.07 Å². The molecule has 0 aliphatic heterocycles. The molecule has 0 saturated heterocycles. The average molecular weight is 387 g/mol. The molecule has 0 aliphatic rings. The highest BCUT2D eigenvalue weighted by Gasteiger charge is 2.19. The average Bonchev–Trinajstić information content (AvgIpc) is 2.59. The Morgan fingerprint density at radius 2 is 1.75 bits per heavy atom. The Labute approximate surface area is 161 Å². The molecule has 9 nitrogen and oxygen atoms in total. The number of rotatable bonds is 5. The molecule has 1 amide bonds. The van der Waals surface area contributed by atoms with E-state index in [4.69, 9.17) is 4.74 Å². The quantitative estimate of drug-likeness (QED) is 0.441. The predicted octanol–water partition coefficient (Wildman–Crippen LogP) is 4.47. The molecule has 0 spiro atoms. The van der Waals surface area contributed by atoms with Crippen LogP contribution < -0.4 is 10.6 Å². The van der Waals surface area contributed by atoms with Gasteiger partial charge in [0.25, 0.3) is 5.69 Å². The molecule has 0 heterocycles. The molecule has 0 aromatic heterocycles. The molecule has 2 N–H and O–H groups in total. The van der Waals surface area contributed by atoms with Crippen LogP contribution in [0.1, 0.15) is 31.1 Å². The number of hydrogen-bond acceptors (Lipinski definition) is 7. The maximum Gasteiger partial charge on any atom is 0.412 e. The number of nitrogens with zero attached hydrogens (tertiary/aromatic N) is 1. The first-order valence-corrected chi connectivity index (χ1v) is 8.33. The number of amides is 1. The summed E-state index contributed by atoms with van der Waals surface area (Å²) in [6.45, 7) is 5.25. The number of ether oxygens (including phenoxy) is 2. The van der Waals surface area contributed by atoms with Gasteiger partial charge in [-0.1, -0.05) is 6.07 Å². The number of anilines is 3. The van der Waals surface area contributed by atoms with Gasteiger partial charge in [0.05, 0.1) is 17.6 Å². The van der Waals surface area contributed by atoms with Gasteiger partial charge in [0.2, 0.25) is 0 Å². The van der Waals surface area contributed by atoms with Crippen molar-refractivity contribution >= 4 is 34.8 Å². The van der Waals surface area contributed by atoms with E-state index >= 15 is 0 Å². The van der Waals surface area contributed by atoms with Crippen LogP contribution in [0.4, 0.5) is 27.5 Å². The number of methoxy groups -OCH3 is 1. The summed E-state index contributed by atoms with van der Waals surface area (Å²) in [5, 5.41) is 16.9. The van der Waals surface area contributed by atoms with Crippen molar-refractivity contribution in [1.29, 1.82) is 0 Å². The lowest BCUT2D eigenvalue weighted by Gasteiger charge is -2.19. The van der Waals surface area contributed by atoms with E-state index in [1.54, 1.807) is 45.0 Å². The summed E-state index contributed by atoms with van der Waals surface area (Å²) in [5.74, 6) is -0.668. The Bertz CT molecular complexity index is 905. The number of benzene rings is 2. The third-order valence-corrected chi connectivity index (χ3v) is 3.40. The van der Waals surface area contributed by atoms with Gasteiger partial charge in [0.15, 0.2) is 0 Å². The highest BCUT2D eigenvalue weighted by molar-refractivity contribution is 5.92. The van der Waals surface area contributed by atoms with E-state index in [-0.39, 0.29) is 16.9 Å². The van der Waals surface area contributed by atoms with Crippen molar-refractivity contribution in [2.24, 2.45) is 0 Å². The monoisotopic (exact) mass is 387 g/mol. The SMILES string of the molecule is COC(=O)c1ccc(Nc2cccc(NC(=O)OC(C)(C)C)c2)c([N+](=O)[O-])c1. The summed E-state index contributed by atoms with van der Waals surface area (Å²) in [7, 11) is 1.20. The number of nitro groups is 1. The summed E-state index contributed by atoms with van der Waals surface area (Å²) in [4.78, 5) is 34.2. The molecule has 9 heteroatoms. The molecule has 2 rings (SSSR count). The Hall–Kier alpha value is -3.62. The van der Waals surface area contributed by atoms with Crippen LogP contribution >= 0.6 is 0 Å². The molecule has 0 fully saturated rings. The van der Waals surface area contributed by atoms with E-state index < -0.39 is 22.6 Å². The molecular formula is C19H21N3O6. The van der Waals surface area contributed by atoms with E-state index in [1.807, 2.05) is 0 Å². The molecule has 2 aromatic carbocycles. The topological polar surface area (TPSA) is 120 Å². The summed E-state index contributed by atoms with van der Waals surface area (Å²) in [6.07, 6.45) is -0.613. The van der Waals surface area contributed by atoms with Crippen LogP contribution in [-0.2, 0) is 9.47 Å². The van der Waals surface area contributed by atoms with E-state index in [2.05, 4.69) is 15.4 Å². The first-order valence-electron chi connectivity index (χ1n) is 8.33. The van der Waals surface area contributed by atoms with Crippen molar-refractivity contribution in [3.63, 3.8) is 0 Å². The molecule has 0 aliphatic carbocycles. The van der Waals surface area contributed by atoms with Gasteiger partial charge < -0.3 is 14.8 Å². The second kappa shape index (κ2) is 8.38. The highest BCUT2D eigenvalue weighted by atomic mass is 16.6. The van der Waals surface area contributed by atoms with Crippen LogP contribution in [0.3, 0.4) is 0 Å². The minimum Gasteiger partial charge on any atom is -0.465 e. The van der Waals surface area contributed by atoms with Crippen molar-refractivity contribution in [3.8, 4) is 0 Å². The third-order valence-electron chi connectivity index (χ3n) is 3.40. The molecule has 0 atom stereocenters. The van der Waals surface area contributed by atoms with Crippen LogP contribution in [0, 0.1) is 10.1 Å². The molecular weight excluding hydrogens is 366 g/mol. The van der Waals surface area contributed by atoms with Crippen molar-refractivity contribution in [3.05, 3.63) is 58.1 Å². The van der Waals surface area contributed by atoms with Gasteiger partial charge in [-0.25, -0.2) is 9.59 Å². The lowest BCUT2D eigenvalue weighted by Crippen LogP contribution is -2.27. The van der Waals surface area contributed by atoms with Crippen LogP contribution in [0.25, 0.3) is 0 Å². The zero-order chi connectivity index (χ0) is 20.9. The van der Waals surface area contributed by atoms with Crippen molar-refractivity contribution < 1.29 is 24.0 Å². The number of esters is 1. The maximum absolute atomic E-state index is 11.9. The molecule has 0 bridgehead atoms. The fraction of sp³-hybridized carbons (Fsp3) is 0.263. The molecule has 0 unspecified atom stereocenters. The smallest absolute Gasteiger partial charge is 0.412 e. The first-order chi connectivity index (χ1) is 13.1.